The number of alkyl halides is 1. The Morgan fingerprint density at radius 2 is 1.90 bits per heavy atom. The van der Waals surface area contributed by atoms with Crippen molar-refractivity contribution in [2.24, 2.45) is 23.7 Å². The van der Waals surface area contributed by atoms with E-state index in [4.69, 9.17) is 18.9 Å². The molecule has 2 bridgehead atoms. The third-order valence-corrected chi connectivity index (χ3v) is 8.90. The highest BCUT2D eigenvalue weighted by Gasteiger charge is 2.70. The molecule has 1 aliphatic heterocycles. The van der Waals surface area contributed by atoms with Crippen LogP contribution >= 0.6 is 22.6 Å². The van der Waals surface area contributed by atoms with Gasteiger partial charge in [0, 0.05) is 11.8 Å². The van der Waals surface area contributed by atoms with Crippen LogP contribution in [0, 0.1) is 23.7 Å². The largest absolute Gasteiger partial charge is 0.459 e. The molecule has 172 valence electrons. The highest BCUT2D eigenvalue weighted by atomic mass is 127. The molecule has 0 radical (unpaired) electrons. The first-order valence-electron chi connectivity index (χ1n) is 11.2. The smallest absolute Gasteiger partial charge is 0.344 e. The van der Waals surface area contributed by atoms with Crippen LogP contribution in [0.4, 0.5) is 0 Å². The molecular weight excluding hydrogens is 519 g/mol. The Labute approximate surface area is 195 Å². The van der Waals surface area contributed by atoms with E-state index >= 15 is 0 Å². The molecule has 0 aromatic carbocycles. The van der Waals surface area contributed by atoms with E-state index in [-0.39, 0.29) is 21.7 Å². The molecule has 7 unspecified atom stereocenters. The minimum Gasteiger partial charge on any atom is -0.459 e. The molecule has 7 atom stereocenters. The van der Waals surface area contributed by atoms with Crippen LogP contribution in [0.3, 0.4) is 0 Å². The maximum atomic E-state index is 13.2. The summed E-state index contributed by atoms with van der Waals surface area (Å²) in [5, 5.41) is 0. The summed E-state index contributed by atoms with van der Waals surface area (Å²) in [4.78, 5) is 49.9. The summed E-state index contributed by atoms with van der Waals surface area (Å²) >= 11 is 1.96. The lowest BCUT2D eigenvalue weighted by Gasteiger charge is -2.34. The van der Waals surface area contributed by atoms with E-state index in [9.17, 15) is 19.2 Å². The van der Waals surface area contributed by atoms with Gasteiger partial charge in [-0.3, -0.25) is 14.4 Å². The molecule has 0 spiro atoms. The summed E-state index contributed by atoms with van der Waals surface area (Å²) in [5.41, 5.74) is -0.448. The van der Waals surface area contributed by atoms with Crippen LogP contribution in [0.5, 0.6) is 0 Å². The van der Waals surface area contributed by atoms with Gasteiger partial charge < -0.3 is 18.9 Å². The fourth-order valence-corrected chi connectivity index (χ4v) is 6.05. The average molecular weight is 548 g/mol. The number of ether oxygens (including phenoxy) is 4. The lowest BCUT2D eigenvalue weighted by atomic mass is 9.78. The summed E-state index contributed by atoms with van der Waals surface area (Å²) in [6.45, 7) is 3.37. The number of rotatable bonds is 8. The van der Waals surface area contributed by atoms with E-state index in [1.165, 1.54) is 0 Å². The molecular formula is C22H29IO8. The third kappa shape index (κ3) is 4.06. The Kier molecular flexibility index (Phi) is 6.52. The van der Waals surface area contributed by atoms with Crippen LogP contribution in [0.2, 0.25) is 0 Å². The summed E-state index contributed by atoms with van der Waals surface area (Å²) in [6, 6.07) is 0. The van der Waals surface area contributed by atoms with Crippen LogP contribution in [-0.2, 0) is 38.1 Å². The van der Waals surface area contributed by atoms with Crippen molar-refractivity contribution >= 4 is 46.5 Å². The lowest BCUT2D eigenvalue weighted by molar-refractivity contribution is -0.177. The van der Waals surface area contributed by atoms with Crippen LogP contribution in [-0.4, -0.2) is 52.2 Å². The molecule has 0 aromatic heterocycles. The molecule has 1 saturated heterocycles. The topological polar surface area (TPSA) is 105 Å². The van der Waals surface area contributed by atoms with E-state index in [0.29, 0.717) is 12.8 Å². The second-order valence-electron chi connectivity index (χ2n) is 9.12. The Morgan fingerprint density at radius 3 is 2.55 bits per heavy atom. The fraction of sp³-hybridized carbons (Fsp3) is 0.818. The number of esters is 4. The Morgan fingerprint density at radius 1 is 1.19 bits per heavy atom. The normalized spacial score (nSPS) is 35.5. The first kappa shape index (κ1) is 22.8. The van der Waals surface area contributed by atoms with Crippen LogP contribution in [0.25, 0.3) is 0 Å². The standard InChI is InChI=1S/C22H29IO8/c1-3-13(23)19(25)28-10-14(24)29-17-12-9-11-15(20(26)30-18(11)17)16(12)21(27)31-22(4-2)7-5-6-8-22/h11-13,15-18H,3-10H2,1-2H3. The monoisotopic (exact) mass is 548 g/mol. The fourth-order valence-electron chi connectivity index (χ4n) is 5.87. The first-order chi connectivity index (χ1) is 14.8. The van der Waals surface area contributed by atoms with Crippen molar-refractivity contribution in [2.75, 3.05) is 6.61 Å². The number of fused-ring (bicyclic) bond motifs is 1. The van der Waals surface area contributed by atoms with Crippen molar-refractivity contribution in [2.45, 2.75) is 80.5 Å². The van der Waals surface area contributed by atoms with Crippen molar-refractivity contribution in [1.82, 2.24) is 0 Å². The zero-order chi connectivity index (χ0) is 22.3. The lowest BCUT2D eigenvalue weighted by Crippen LogP contribution is -2.46. The van der Waals surface area contributed by atoms with Gasteiger partial charge >= 0.3 is 23.9 Å². The molecule has 4 aliphatic rings. The predicted octanol–water partition coefficient (Wildman–Crippen LogP) is 2.73. The van der Waals surface area contributed by atoms with Crippen LogP contribution in [0.15, 0.2) is 0 Å². The van der Waals surface area contributed by atoms with E-state index in [2.05, 4.69) is 0 Å². The SMILES string of the molecule is CCC(I)C(=O)OCC(=O)OC1C2CC3C1OC(=O)C3C2C(=O)OC1(CC)CCCC1. The molecule has 4 fully saturated rings. The molecule has 9 heteroatoms. The second-order valence-corrected chi connectivity index (χ2v) is 10.6. The highest BCUT2D eigenvalue weighted by molar-refractivity contribution is 14.1. The molecule has 1 heterocycles. The zero-order valence-electron chi connectivity index (χ0n) is 17.8. The molecule has 3 aliphatic carbocycles. The number of hydrogen-bond donors (Lipinski definition) is 0. The van der Waals surface area contributed by atoms with Gasteiger partial charge in [-0.15, -0.1) is 0 Å². The molecule has 4 rings (SSSR count). The zero-order valence-corrected chi connectivity index (χ0v) is 20.0. The minimum absolute atomic E-state index is 0.143. The van der Waals surface area contributed by atoms with Crippen molar-refractivity contribution in [3.63, 3.8) is 0 Å². The Bertz CT molecular complexity index is 761. The van der Waals surface area contributed by atoms with Gasteiger partial charge in [-0.1, -0.05) is 36.4 Å². The summed E-state index contributed by atoms with van der Waals surface area (Å²) in [7, 11) is 0. The van der Waals surface area contributed by atoms with Crippen molar-refractivity contribution < 1.29 is 38.1 Å². The average Bonchev–Trinajstić information content (AvgIpc) is 3.49. The maximum Gasteiger partial charge on any atom is 0.344 e. The van der Waals surface area contributed by atoms with Gasteiger partial charge in [0.05, 0.1) is 11.8 Å². The van der Waals surface area contributed by atoms with Crippen LogP contribution < -0.4 is 0 Å². The number of halogens is 1. The molecule has 8 nitrogen and oxygen atoms in total. The molecule has 0 aromatic rings. The van der Waals surface area contributed by atoms with Crippen molar-refractivity contribution in [1.29, 1.82) is 0 Å². The quantitative estimate of drug-likeness (QED) is 0.198. The van der Waals surface area contributed by atoms with E-state index in [1.807, 2.05) is 36.4 Å². The van der Waals surface area contributed by atoms with Gasteiger partial charge in [0.2, 0.25) is 0 Å². The Hall–Kier alpha value is -1.39. The summed E-state index contributed by atoms with van der Waals surface area (Å²) in [6.07, 6.45) is 4.43. The van der Waals surface area contributed by atoms with Crippen molar-refractivity contribution in [3.05, 3.63) is 0 Å². The van der Waals surface area contributed by atoms with E-state index < -0.39 is 54.2 Å². The number of carbonyl (C=O) groups excluding carboxylic acids is 4. The van der Waals surface area contributed by atoms with Gasteiger partial charge in [-0.2, -0.15) is 0 Å². The molecule has 0 N–H and O–H groups in total. The third-order valence-electron chi connectivity index (χ3n) is 7.51. The minimum atomic E-state index is -0.709. The highest BCUT2D eigenvalue weighted by Crippen LogP contribution is 2.59. The number of carbonyl (C=O) groups is 4. The predicted molar refractivity (Wildman–Crippen MR) is 115 cm³/mol. The van der Waals surface area contributed by atoms with Gasteiger partial charge in [-0.05, 0) is 44.9 Å². The van der Waals surface area contributed by atoms with E-state index in [0.717, 1.165) is 32.1 Å². The molecule has 3 saturated carbocycles. The second kappa shape index (κ2) is 8.86. The van der Waals surface area contributed by atoms with Crippen LogP contribution in [0.1, 0.15) is 58.8 Å². The summed E-state index contributed by atoms with van der Waals surface area (Å²) < 4.78 is 21.8. The van der Waals surface area contributed by atoms with Gasteiger partial charge in [0.15, 0.2) is 6.61 Å². The van der Waals surface area contributed by atoms with Gasteiger partial charge in [0.25, 0.3) is 0 Å². The van der Waals surface area contributed by atoms with Gasteiger partial charge in [0.1, 0.15) is 21.7 Å². The molecule has 31 heavy (non-hydrogen) atoms. The first-order valence-corrected chi connectivity index (χ1v) is 12.5. The Balaban J connectivity index is 1.43. The van der Waals surface area contributed by atoms with Gasteiger partial charge in [-0.25, -0.2) is 4.79 Å². The van der Waals surface area contributed by atoms with Crippen molar-refractivity contribution in [3.8, 4) is 0 Å². The number of hydrogen-bond acceptors (Lipinski definition) is 8. The molecule has 0 amide bonds. The summed E-state index contributed by atoms with van der Waals surface area (Å²) in [5.74, 6) is -3.58. The van der Waals surface area contributed by atoms with E-state index in [1.54, 1.807) is 0 Å². The maximum absolute atomic E-state index is 13.2.